The molecule has 0 spiro atoms. The Kier molecular flexibility index (Phi) is 48.1. The van der Waals surface area contributed by atoms with Crippen LogP contribution in [0.25, 0.3) is 5.32 Å². The second-order valence-corrected chi connectivity index (χ2v) is 30.8. The molecule has 4 aromatic carbocycles. The minimum absolute atomic E-state index is 0.0269. The second-order valence-electron chi connectivity index (χ2n) is 27.9. The van der Waals surface area contributed by atoms with E-state index in [9.17, 15) is 72.9 Å². The monoisotopic (exact) mass is 1840 g/mol. The number of guanidine groups is 1. The van der Waals surface area contributed by atoms with E-state index in [1.54, 1.807) is 142 Å². The van der Waals surface area contributed by atoms with Crippen molar-refractivity contribution in [1.29, 1.82) is 0 Å². The molecule has 24 N–H and O–H groups in total. The number of aliphatic imine (C=N–C) groups is 1. The number of pyridine rings is 1. The summed E-state index contributed by atoms with van der Waals surface area (Å²) in [5.74, 6) is -9.90. The zero-order valence-corrected chi connectivity index (χ0v) is 70.5. The number of aromatic nitrogens is 1. The molecule has 677 valence electrons. The number of nitrogens with two attached hydrogens (primary N) is 2. The van der Waals surface area contributed by atoms with Crippen LogP contribution in [0.15, 0.2) is 138 Å². The summed E-state index contributed by atoms with van der Waals surface area (Å²) in [5, 5.41) is 131. The Morgan fingerprint density at radius 1 is 0.605 bits per heavy atom. The van der Waals surface area contributed by atoms with Crippen LogP contribution < -0.4 is 83.4 Å². The maximum Gasteiger partial charge on any atom is 0.326 e. The molecule has 46 heteroatoms. The van der Waals surface area contributed by atoms with E-state index in [0.29, 0.717) is 54.1 Å². The molecule has 1 aromatic heterocycles. The first-order valence-electron chi connectivity index (χ1n) is 38.5. The van der Waals surface area contributed by atoms with Crippen molar-refractivity contribution < 1.29 is 157 Å². The largest absolute Gasteiger partial charge is 0.481 e. The Bertz CT molecular complexity index is 4270. The number of hydrogen-bond donors (Lipinski definition) is 22. The van der Waals surface area contributed by atoms with Gasteiger partial charge in [-0.05, 0) is 148 Å². The van der Waals surface area contributed by atoms with Gasteiger partial charge in [-0.3, -0.25) is 69.2 Å². The number of benzene rings is 4. The van der Waals surface area contributed by atoms with Gasteiger partial charge in [0, 0.05) is 49.5 Å². The van der Waals surface area contributed by atoms with Crippen LogP contribution in [0.5, 0.6) is 5.75 Å². The third kappa shape index (κ3) is 38.0. The van der Waals surface area contributed by atoms with Gasteiger partial charge in [0.15, 0.2) is 5.96 Å². The minimum Gasteiger partial charge on any atom is -0.481 e. The number of carboxylic acids is 3. The van der Waals surface area contributed by atoms with Gasteiger partial charge in [0.2, 0.25) is 29.5 Å². The summed E-state index contributed by atoms with van der Waals surface area (Å²) in [5.41, 5.74) is 11.1. The van der Waals surface area contributed by atoms with E-state index in [-0.39, 0.29) is 120 Å². The summed E-state index contributed by atoms with van der Waals surface area (Å²) in [6.07, 6.45) is 2.47. The predicted molar refractivity (Wildman–Crippen MR) is 440 cm³/mol. The molecule has 124 heavy (non-hydrogen) atoms. The SMILES string of the molecule is C=C(O)C[N-]C(CO)(CO)CO.CC(C)[C@@H]1NC(=O)[C@@H](Cc2ccc(OCCCNC(=O)c3ccc(N=[N+]=[Tc])nc3)cc2)NC(=O)[C@H](CC(=O)O)NC(=O)CNC(=O)[C@H](CCCN=C(N)N)NC1=O.O=C(NC(CCCOO)COO)c1ccc([PH+](c2ccc(C(=O)NC(CCCOO)C(=O)O)cc2)c2ccc(C(=O)NC(CCCOO)C(=O)O)cc2)cc1. The Morgan fingerprint density at radius 3 is 1.56 bits per heavy atom. The summed E-state index contributed by atoms with van der Waals surface area (Å²) in [6, 6.07) is 21.4. The molecule has 1 saturated heterocycles. The third-order valence-electron chi connectivity index (χ3n) is 18.2. The number of nitrogens with one attached hydrogen (secondary N) is 9. The van der Waals surface area contributed by atoms with Crippen LogP contribution in [0, 0.1) is 5.92 Å². The first kappa shape index (κ1) is 105. The Hall–Kier alpha value is -11.6. The van der Waals surface area contributed by atoms with Crippen molar-refractivity contribution in [3.05, 3.63) is 161 Å². The van der Waals surface area contributed by atoms with Crippen LogP contribution in [0.3, 0.4) is 0 Å². The van der Waals surface area contributed by atoms with E-state index in [0.717, 1.165) is 15.9 Å². The molecule has 44 nitrogen and oxygen atoms in total. The Labute approximate surface area is 722 Å². The molecule has 9 amide bonds. The molecule has 0 saturated carbocycles. The average molecular weight is 1840 g/mol. The van der Waals surface area contributed by atoms with E-state index < -0.39 is 160 Å². The maximum absolute atomic E-state index is 13.8. The van der Waals surface area contributed by atoms with Gasteiger partial charge in [-0.25, -0.2) is 29.1 Å². The molecule has 7 atom stereocenters. The topological polar surface area (TPSA) is 700 Å². The maximum atomic E-state index is 13.8. The van der Waals surface area contributed by atoms with Crippen molar-refractivity contribution in [3.63, 3.8) is 0 Å². The normalized spacial score (nSPS) is 15.8. The van der Waals surface area contributed by atoms with Crippen molar-refractivity contribution in [1.82, 2.24) is 56.2 Å². The fraction of sp³-hybridized carbons (Fsp3) is 0.436. The molecular weight excluding hydrogens is 1740 g/mol. The molecule has 5 aromatic rings. The van der Waals surface area contributed by atoms with Gasteiger partial charge >= 0.3 is 120 Å². The first-order valence-corrected chi connectivity index (χ1v) is 40.9. The molecule has 0 radical (unpaired) electrons. The number of aliphatic hydroxyl groups excluding tert-OH is 4. The standard InChI is InChI=1S/C36H44N3O15P.C35H47N12O9.C7H14NO4.Tc/c40-32(37-26(22-54-50)4-1-19-51-47)23-7-13-27(14-8-23)55(28-15-9-24(10-16-28)33(41)38-30(35(43)44)5-2-20-52-48)29-17-11-25(12-18-29)34(42)39-31(36(45)46)6-3-21-53-49;1-19(2)29-34(55)44-23(5-3-12-40-35(36)37)31(52)42-18-27(48)43-25(16-28(49)50)32(53)45-24(33(54)46-29)15-20-6-9-22(10-7-20)56-14-4-13-39-30(51)21-8-11-26(47-38)41-17-21;1-6(12)2-8-7(3-9,4-10)5-11;/h7-18,26,30-31,47-50H,1-6,19-22H2,(H,37,40)(H,38,41)(H,39,42)(H,43,44)(H,45,46);6-11,17,19,23-25,29H,3-5,12-16,18H2,1-2H3,(H,39,51)(H,42,52)(H,43,48)(H,44,55)(H,45,53)(H,46,54)(H,49,50)(H4,36,37,40);9-12H,1-5H2;/q;2*-1;+2/p+1/t;23-,24+,25-,29-;;/m.0../s1. The number of nitrogens with zero attached hydrogens (tertiary/aromatic N) is 5. The second kappa shape index (κ2) is 56.9. The van der Waals surface area contributed by atoms with Gasteiger partial charge in [0.1, 0.15) is 64.5 Å². The van der Waals surface area contributed by atoms with Gasteiger partial charge in [-0.15, -0.1) is 0 Å². The van der Waals surface area contributed by atoms with E-state index in [1.807, 2.05) is 0 Å². The van der Waals surface area contributed by atoms with Crippen LogP contribution in [0.4, 0.5) is 5.82 Å². The molecule has 2 heterocycles. The summed E-state index contributed by atoms with van der Waals surface area (Å²) >= 11 is 1.73. The number of amides is 9. The number of carbonyl (C=O) groups is 12. The van der Waals surface area contributed by atoms with Crippen molar-refractivity contribution in [2.75, 3.05) is 79.0 Å². The van der Waals surface area contributed by atoms with Gasteiger partial charge in [0.05, 0.1) is 52.5 Å². The number of carboxylic acid groups (broad SMARTS) is 3. The molecule has 1 aliphatic rings. The van der Waals surface area contributed by atoms with Crippen LogP contribution >= 0.6 is 7.92 Å². The number of aliphatic hydroxyl groups is 4. The number of rotatable bonds is 47. The van der Waals surface area contributed by atoms with E-state index in [1.165, 1.54) is 6.20 Å². The van der Waals surface area contributed by atoms with Crippen molar-refractivity contribution in [3.8, 4) is 5.75 Å². The summed E-state index contributed by atoms with van der Waals surface area (Å²) in [7, 11) is -1.90. The summed E-state index contributed by atoms with van der Waals surface area (Å²) in [6.45, 7) is 4.79. The van der Waals surface area contributed by atoms with Crippen LogP contribution in [-0.2, 0) is 83.0 Å². The fourth-order valence-electron chi connectivity index (χ4n) is 11.4. The predicted octanol–water partition coefficient (Wildman–Crippen LogP) is -0.954. The van der Waals surface area contributed by atoms with Crippen LogP contribution in [0.2, 0.25) is 0 Å². The molecule has 6 rings (SSSR count). The van der Waals surface area contributed by atoms with Gasteiger partial charge in [-0.2, -0.15) is 0 Å². The third-order valence-corrected chi connectivity index (χ3v) is 21.1. The fourth-order valence-corrected chi connectivity index (χ4v) is 14.1. The molecule has 0 aliphatic carbocycles. The summed E-state index contributed by atoms with van der Waals surface area (Å²) < 4.78 is 9.40. The van der Waals surface area contributed by atoms with Gasteiger partial charge in [-0.1, -0.05) is 44.6 Å². The molecule has 1 aliphatic heterocycles. The van der Waals surface area contributed by atoms with Gasteiger partial charge in [0.25, 0.3) is 17.7 Å². The van der Waals surface area contributed by atoms with E-state index in [2.05, 4.69) is 97.8 Å². The van der Waals surface area contributed by atoms with Gasteiger partial charge < -0.3 is 95.1 Å². The quantitative estimate of drug-likeness (QED) is 0.00257. The smallest absolute Gasteiger partial charge is 0.326 e. The van der Waals surface area contributed by atoms with Crippen LogP contribution in [-0.4, -0.2) is 266 Å². The summed E-state index contributed by atoms with van der Waals surface area (Å²) in [4.78, 5) is 177. The average Bonchev–Trinajstić information content (AvgIpc) is 0.798. The molecule has 0 bridgehead atoms. The molecule has 1 fully saturated rings. The van der Waals surface area contributed by atoms with Crippen LogP contribution in [0.1, 0.15) is 125 Å². The molecule has 3 unspecified atom stereocenters. The first-order chi connectivity index (χ1) is 59.3. The number of hydrogen-bond acceptors (Lipinski definition) is 28. The Balaban J connectivity index is 0.000000458. The number of aliphatic carboxylic acids is 3. The number of ether oxygens (including phenoxy) is 1. The van der Waals surface area contributed by atoms with Crippen molar-refractivity contribution >= 4 is 107 Å². The zero-order chi connectivity index (χ0) is 91.7. The van der Waals surface area contributed by atoms with E-state index >= 15 is 0 Å². The molecular formula is C78H106N16O28PTc+. The van der Waals surface area contributed by atoms with Crippen molar-refractivity contribution in [2.24, 2.45) is 27.5 Å². The number of carbonyl (C=O) groups excluding carboxylic acids is 9. The van der Waals surface area contributed by atoms with E-state index in [4.69, 9.17) is 57.7 Å². The minimum atomic E-state index is -1.90. The Morgan fingerprint density at radius 2 is 1.10 bits per heavy atom. The zero-order valence-electron chi connectivity index (χ0n) is 67.7. The van der Waals surface area contributed by atoms with Crippen molar-refractivity contribution in [2.45, 2.75) is 132 Å².